The summed E-state index contributed by atoms with van der Waals surface area (Å²) in [5.41, 5.74) is 1.95. The Hall–Kier alpha value is -3.48. The van der Waals surface area contributed by atoms with E-state index in [1.54, 1.807) is 24.4 Å². The summed E-state index contributed by atoms with van der Waals surface area (Å²) in [7, 11) is 0. The predicted octanol–water partition coefficient (Wildman–Crippen LogP) is 2.44. The van der Waals surface area contributed by atoms with Crippen molar-refractivity contribution in [2.45, 2.75) is 6.61 Å². The minimum Gasteiger partial charge on any atom is -0.489 e. The van der Waals surface area contributed by atoms with Gasteiger partial charge in [-0.05, 0) is 47.5 Å². The van der Waals surface area contributed by atoms with Crippen molar-refractivity contribution in [3.05, 3.63) is 77.9 Å². The minimum atomic E-state index is -0.950. The highest BCUT2D eigenvalue weighted by Crippen LogP contribution is 2.14. The zero-order valence-electron chi connectivity index (χ0n) is 12.6. The topological polar surface area (TPSA) is 89.6 Å². The Kier molecular flexibility index (Phi) is 4.62. The van der Waals surface area contributed by atoms with E-state index in [1.165, 1.54) is 17.3 Å². The van der Waals surface area contributed by atoms with Gasteiger partial charge in [-0.15, -0.1) is 10.2 Å². The number of ether oxygens (including phenoxy) is 1. The highest BCUT2D eigenvalue weighted by Gasteiger charge is 2.03. The molecule has 24 heavy (non-hydrogen) atoms. The molecule has 0 aliphatic rings. The first kappa shape index (κ1) is 15.4. The molecule has 0 saturated carbocycles. The van der Waals surface area contributed by atoms with Crippen LogP contribution in [0.5, 0.6) is 5.75 Å². The number of rotatable bonds is 6. The van der Waals surface area contributed by atoms with Crippen LogP contribution in [0.15, 0.2) is 66.3 Å². The Bertz CT molecular complexity index is 843. The van der Waals surface area contributed by atoms with Gasteiger partial charge in [0.15, 0.2) is 0 Å². The van der Waals surface area contributed by atoms with E-state index < -0.39 is 5.97 Å². The van der Waals surface area contributed by atoms with Gasteiger partial charge in [-0.3, -0.25) is 0 Å². The first-order valence-corrected chi connectivity index (χ1v) is 7.15. The summed E-state index contributed by atoms with van der Waals surface area (Å²) in [4.78, 5) is 10.9. The third-order valence-corrected chi connectivity index (χ3v) is 3.21. The summed E-state index contributed by atoms with van der Waals surface area (Å²) in [6.07, 6.45) is 4.68. The Morgan fingerprint density at radius 1 is 1.17 bits per heavy atom. The van der Waals surface area contributed by atoms with Gasteiger partial charge in [0.25, 0.3) is 0 Å². The monoisotopic (exact) mass is 322 g/mol. The van der Waals surface area contributed by atoms with Crippen molar-refractivity contribution in [1.29, 1.82) is 0 Å². The highest BCUT2D eigenvalue weighted by atomic mass is 16.5. The summed E-state index contributed by atoms with van der Waals surface area (Å²) in [5, 5.41) is 20.5. The maximum atomic E-state index is 10.9. The van der Waals surface area contributed by atoms with Crippen LogP contribution >= 0.6 is 0 Å². The number of carboxylic acids is 1. The van der Waals surface area contributed by atoms with E-state index in [-0.39, 0.29) is 5.56 Å². The quantitative estimate of drug-likeness (QED) is 0.704. The Labute approximate surface area is 137 Å². The number of aromatic carboxylic acids is 1. The van der Waals surface area contributed by atoms with Crippen LogP contribution in [0.4, 0.5) is 0 Å². The SMILES string of the molecule is O=C(O)c1cccc(COc2ccc(/C=N\n3cnnc3)cc2)c1. The van der Waals surface area contributed by atoms with E-state index in [9.17, 15) is 4.79 Å². The minimum absolute atomic E-state index is 0.247. The van der Waals surface area contributed by atoms with Crippen LogP contribution in [-0.2, 0) is 6.61 Å². The zero-order valence-corrected chi connectivity index (χ0v) is 12.6. The van der Waals surface area contributed by atoms with Crippen LogP contribution in [0.25, 0.3) is 0 Å². The van der Waals surface area contributed by atoms with Crippen molar-refractivity contribution in [2.75, 3.05) is 0 Å². The van der Waals surface area contributed by atoms with E-state index in [0.29, 0.717) is 12.4 Å². The fraction of sp³-hybridized carbons (Fsp3) is 0.0588. The number of aromatic nitrogens is 3. The number of benzene rings is 2. The number of hydrogen-bond donors (Lipinski definition) is 1. The first-order chi connectivity index (χ1) is 11.7. The Balaban J connectivity index is 1.60. The Morgan fingerprint density at radius 2 is 1.92 bits per heavy atom. The van der Waals surface area contributed by atoms with Gasteiger partial charge in [0.1, 0.15) is 25.0 Å². The molecule has 7 nitrogen and oxygen atoms in total. The number of carbonyl (C=O) groups is 1. The van der Waals surface area contributed by atoms with Crippen molar-refractivity contribution in [3.8, 4) is 5.75 Å². The summed E-state index contributed by atoms with van der Waals surface area (Å²) in [6, 6.07) is 14.1. The molecule has 0 saturated heterocycles. The molecule has 0 fully saturated rings. The van der Waals surface area contributed by atoms with Crippen molar-refractivity contribution in [1.82, 2.24) is 14.9 Å². The van der Waals surface area contributed by atoms with Crippen LogP contribution in [0.1, 0.15) is 21.5 Å². The van der Waals surface area contributed by atoms with Crippen LogP contribution in [0.2, 0.25) is 0 Å². The molecule has 0 atom stereocenters. The predicted molar refractivity (Wildman–Crippen MR) is 87.2 cm³/mol. The van der Waals surface area contributed by atoms with Gasteiger partial charge in [0.2, 0.25) is 0 Å². The van der Waals surface area contributed by atoms with Gasteiger partial charge in [-0.2, -0.15) is 5.10 Å². The number of hydrogen-bond acceptors (Lipinski definition) is 5. The first-order valence-electron chi connectivity index (χ1n) is 7.15. The third-order valence-electron chi connectivity index (χ3n) is 3.21. The van der Waals surface area contributed by atoms with Gasteiger partial charge in [-0.1, -0.05) is 12.1 Å². The lowest BCUT2D eigenvalue weighted by atomic mass is 10.1. The van der Waals surface area contributed by atoms with E-state index in [1.807, 2.05) is 30.3 Å². The van der Waals surface area contributed by atoms with Crippen LogP contribution < -0.4 is 4.74 Å². The van der Waals surface area contributed by atoms with Gasteiger partial charge in [0, 0.05) is 0 Å². The molecule has 1 heterocycles. The van der Waals surface area contributed by atoms with Gasteiger partial charge in [-0.25, -0.2) is 9.47 Å². The van der Waals surface area contributed by atoms with Crippen molar-refractivity contribution >= 4 is 12.2 Å². The lowest BCUT2D eigenvalue weighted by Gasteiger charge is -2.07. The second-order valence-corrected chi connectivity index (χ2v) is 4.95. The molecule has 3 aromatic rings. The molecule has 2 aromatic carbocycles. The Morgan fingerprint density at radius 3 is 2.62 bits per heavy atom. The van der Waals surface area contributed by atoms with E-state index in [0.717, 1.165) is 11.1 Å². The van der Waals surface area contributed by atoms with Crippen molar-refractivity contribution in [3.63, 3.8) is 0 Å². The van der Waals surface area contributed by atoms with E-state index in [2.05, 4.69) is 15.3 Å². The average molecular weight is 322 g/mol. The van der Waals surface area contributed by atoms with Crippen molar-refractivity contribution in [2.24, 2.45) is 5.10 Å². The van der Waals surface area contributed by atoms with Gasteiger partial charge in [0.05, 0.1) is 11.8 Å². The van der Waals surface area contributed by atoms with Crippen LogP contribution in [-0.4, -0.2) is 32.2 Å². The third kappa shape index (κ3) is 4.04. The lowest BCUT2D eigenvalue weighted by Crippen LogP contribution is -2.00. The molecule has 0 aliphatic heterocycles. The second-order valence-electron chi connectivity index (χ2n) is 4.95. The smallest absolute Gasteiger partial charge is 0.335 e. The summed E-state index contributed by atoms with van der Waals surface area (Å²) < 4.78 is 7.17. The lowest BCUT2D eigenvalue weighted by molar-refractivity contribution is 0.0696. The molecule has 7 heteroatoms. The molecule has 0 bridgehead atoms. The molecule has 0 amide bonds. The molecule has 1 aromatic heterocycles. The largest absolute Gasteiger partial charge is 0.489 e. The van der Waals surface area contributed by atoms with E-state index >= 15 is 0 Å². The maximum Gasteiger partial charge on any atom is 0.335 e. The molecule has 1 N–H and O–H groups in total. The molecular weight excluding hydrogens is 308 g/mol. The molecule has 0 radical (unpaired) electrons. The van der Waals surface area contributed by atoms with E-state index in [4.69, 9.17) is 9.84 Å². The molecule has 3 rings (SSSR count). The molecule has 120 valence electrons. The van der Waals surface area contributed by atoms with Crippen LogP contribution in [0, 0.1) is 0 Å². The summed E-state index contributed by atoms with van der Waals surface area (Å²) in [6.45, 7) is 0.301. The van der Waals surface area contributed by atoms with Crippen molar-refractivity contribution < 1.29 is 14.6 Å². The number of carboxylic acid groups (broad SMARTS) is 1. The maximum absolute atomic E-state index is 10.9. The molecule has 0 aliphatic carbocycles. The number of nitrogens with zero attached hydrogens (tertiary/aromatic N) is 4. The fourth-order valence-electron chi connectivity index (χ4n) is 2.00. The fourth-order valence-corrected chi connectivity index (χ4v) is 2.00. The molecule has 0 spiro atoms. The summed E-state index contributed by atoms with van der Waals surface area (Å²) in [5.74, 6) is -0.259. The standard InChI is InChI=1S/C17H14N4O3/c22-17(23)15-3-1-2-14(8-15)10-24-16-6-4-13(5-7-16)9-20-21-11-18-19-12-21/h1-9,11-12H,10H2,(H,22,23)/b20-9-. The second kappa shape index (κ2) is 7.19. The highest BCUT2D eigenvalue weighted by molar-refractivity contribution is 5.87. The van der Waals surface area contributed by atoms with Crippen LogP contribution in [0.3, 0.4) is 0 Å². The average Bonchev–Trinajstić information content (AvgIpc) is 3.13. The zero-order chi connectivity index (χ0) is 16.8. The van der Waals surface area contributed by atoms with Gasteiger partial charge < -0.3 is 9.84 Å². The normalized spacial score (nSPS) is 10.8. The van der Waals surface area contributed by atoms with Gasteiger partial charge >= 0.3 is 5.97 Å². The molecular formula is C17H14N4O3. The molecule has 0 unspecified atom stereocenters. The summed E-state index contributed by atoms with van der Waals surface area (Å²) >= 11 is 0.